The van der Waals surface area contributed by atoms with Crippen LogP contribution in [-0.2, 0) is 11.2 Å². The van der Waals surface area contributed by atoms with Gasteiger partial charge >= 0.3 is 0 Å². The lowest BCUT2D eigenvalue weighted by molar-refractivity contribution is -0.116. The molecule has 70 valence electrons. The molecule has 2 nitrogen and oxygen atoms in total. The molecule has 0 fully saturated rings. The van der Waals surface area contributed by atoms with Gasteiger partial charge in [0.15, 0.2) is 5.78 Å². The first-order valence-electron chi connectivity index (χ1n) is 4.06. The fourth-order valence-corrected chi connectivity index (χ4v) is 1.24. The Morgan fingerprint density at radius 3 is 2.85 bits per heavy atom. The predicted octanol–water partition coefficient (Wildman–Crippen LogP) is 1.93. The molecule has 0 aliphatic rings. The van der Waals surface area contributed by atoms with Gasteiger partial charge < -0.3 is 5.73 Å². The number of benzene rings is 1. The van der Waals surface area contributed by atoms with E-state index in [9.17, 15) is 4.79 Å². The van der Waals surface area contributed by atoms with Crippen molar-refractivity contribution in [1.82, 2.24) is 0 Å². The zero-order valence-electron chi connectivity index (χ0n) is 7.51. The highest BCUT2D eigenvalue weighted by atomic mass is 35.5. The van der Waals surface area contributed by atoms with Crippen molar-refractivity contribution in [2.45, 2.75) is 13.3 Å². The van der Waals surface area contributed by atoms with Crippen LogP contribution in [0.15, 0.2) is 18.2 Å². The molecule has 0 aliphatic carbocycles. The molecule has 3 heteroatoms. The largest absolute Gasteiger partial charge is 0.398 e. The number of nitrogen functional groups attached to an aromatic ring is 1. The summed E-state index contributed by atoms with van der Waals surface area (Å²) in [5, 5.41) is 0. The van der Waals surface area contributed by atoms with Crippen LogP contribution in [0.5, 0.6) is 0 Å². The Labute approximate surface area is 82.7 Å². The third-order valence-corrected chi connectivity index (χ3v) is 2.13. The highest BCUT2D eigenvalue weighted by Gasteiger charge is 2.05. The smallest absolute Gasteiger partial charge is 0.152 e. The number of Topliss-reactive ketones (excluding diaryl/α,β-unsaturated/α-hetero) is 1. The molecule has 0 radical (unpaired) electrons. The molecule has 1 aromatic carbocycles. The minimum Gasteiger partial charge on any atom is -0.398 e. The first-order chi connectivity index (χ1) is 6.13. The van der Waals surface area contributed by atoms with Gasteiger partial charge in [-0.1, -0.05) is 17.7 Å². The Hall–Kier alpha value is -1.02. The van der Waals surface area contributed by atoms with E-state index in [0.29, 0.717) is 12.1 Å². The maximum atomic E-state index is 11.1. The monoisotopic (exact) mass is 197 g/mol. The SMILES string of the molecule is Cc1ccc(N)c(CC(=O)CCl)c1. The number of aryl methyl sites for hydroxylation is 1. The molecule has 0 amide bonds. The van der Waals surface area contributed by atoms with Crippen LogP contribution >= 0.6 is 11.6 Å². The van der Waals surface area contributed by atoms with Crippen LogP contribution < -0.4 is 5.73 Å². The Bertz CT molecular complexity index is 323. The quantitative estimate of drug-likeness (QED) is 0.595. The first-order valence-corrected chi connectivity index (χ1v) is 4.59. The van der Waals surface area contributed by atoms with Crippen LogP contribution in [-0.4, -0.2) is 11.7 Å². The maximum absolute atomic E-state index is 11.1. The molecule has 0 saturated carbocycles. The zero-order chi connectivity index (χ0) is 9.84. The lowest BCUT2D eigenvalue weighted by Crippen LogP contribution is -2.06. The fraction of sp³-hybridized carbons (Fsp3) is 0.300. The van der Waals surface area contributed by atoms with Crippen molar-refractivity contribution in [2.24, 2.45) is 0 Å². The molecule has 0 atom stereocenters. The molecule has 0 bridgehead atoms. The lowest BCUT2D eigenvalue weighted by atomic mass is 10.0. The van der Waals surface area contributed by atoms with Crippen LogP contribution in [0.25, 0.3) is 0 Å². The number of carbonyl (C=O) groups excluding carboxylic acids is 1. The number of hydrogen-bond donors (Lipinski definition) is 1. The maximum Gasteiger partial charge on any atom is 0.152 e. The van der Waals surface area contributed by atoms with Gasteiger partial charge in [-0.15, -0.1) is 11.6 Å². The molecule has 1 rings (SSSR count). The molecule has 2 N–H and O–H groups in total. The van der Waals surface area contributed by atoms with E-state index in [1.54, 1.807) is 0 Å². The van der Waals surface area contributed by atoms with E-state index in [1.165, 1.54) is 0 Å². The molecular weight excluding hydrogens is 186 g/mol. The molecule has 0 aromatic heterocycles. The van der Waals surface area contributed by atoms with Gasteiger partial charge in [0.1, 0.15) is 0 Å². The lowest BCUT2D eigenvalue weighted by Gasteiger charge is -2.04. The summed E-state index contributed by atoms with van der Waals surface area (Å²) >= 11 is 5.40. The van der Waals surface area contributed by atoms with Crippen LogP contribution in [0.3, 0.4) is 0 Å². The second-order valence-corrected chi connectivity index (χ2v) is 3.32. The number of ketones is 1. The first kappa shape index (κ1) is 10.1. The minimum absolute atomic E-state index is 0.000957. The van der Waals surface area contributed by atoms with E-state index >= 15 is 0 Å². The number of carbonyl (C=O) groups is 1. The van der Waals surface area contributed by atoms with Gasteiger partial charge in [0, 0.05) is 12.1 Å². The van der Waals surface area contributed by atoms with Crippen LogP contribution in [0, 0.1) is 6.92 Å². The fourth-order valence-electron chi connectivity index (χ4n) is 1.15. The third-order valence-electron chi connectivity index (χ3n) is 1.84. The number of nitrogens with two attached hydrogens (primary N) is 1. The van der Waals surface area contributed by atoms with Crippen molar-refractivity contribution in [3.05, 3.63) is 29.3 Å². The van der Waals surface area contributed by atoms with Crippen molar-refractivity contribution in [1.29, 1.82) is 0 Å². The Morgan fingerprint density at radius 2 is 2.23 bits per heavy atom. The normalized spacial score (nSPS) is 10.0. The molecular formula is C10H12ClNO. The van der Waals surface area contributed by atoms with E-state index in [2.05, 4.69) is 0 Å². The van der Waals surface area contributed by atoms with Crippen LogP contribution in [0.1, 0.15) is 11.1 Å². The van der Waals surface area contributed by atoms with E-state index in [-0.39, 0.29) is 11.7 Å². The van der Waals surface area contributed by atoms with Gasteiger partial charge in [0.2, 0.25) is 0 Å². The van der Waals surface area contributed by atoms with Gasteiger partial charge in [-0.25, -0.2) is 0 Å². The van der Waals surface area contributed by atoms with Crippen LogP contribution in [0.4, 0.5) is 5.69 Å². The summed E-state index contributed by atoms with van der Waals surface area (Å²) in [6, 6.07) is 5.65. The molecule has 0 spiro atoms. The molecule has 13 heavy (non-hydrogen) atoms. The second kappa shape index (κ2) is 4.28. The standard InChI is InChI=1S/C10H12ClNO/c1-7-2-3-10(12)8(4-7)5-9(13)6-11/h2-4H,5-6,12H2,1H3. The van der Waals surface area contributed by atoms with E-state index in [1.807, 2.05) is 25.1 Å². The van der Waals surface area contributed by atoms with Crippen molar-refractivity contribution in [3.8, 4) is 0 Å². The van der Waals surface area contributed by atoms with Crippen molar-refractivity contribution < 1.29 is 4.79 Å². The summed E-state index contributed by atoms with van der Waals surface area (Å²) in [7, 11) is 0. The average molecular weight is 198 g/mol. The topological polar surface area (TPSA) is 43.1 Å². The zero-order valence-corrected chi connectivity index (χ0v) is 8.27. The highest BCUT2D eigenvalue weighted by molar-refractivity contribution is 6.27. The number of anilines is 1. The summed E-state index contributed by atoms with van der Waals surface area (Å²) in [5.74, 6) is 0.0480. The summed E-state index contributed by atoms with van der Waals surface area (Å²) in [6.07, 6.45) is 0.330. The van der Waals surface area contributed by atoms with Gasteiger partial charge in [-0.3, -0.25) is 4.79 Å². The average Bonchev–Trinajstić information content (AvgIpc) is 2.11. The minimum atomic E-state index is -0.000957. The van der Waals surface area contributed by atoms with E-state index < -0.39 is 0 Å². The van der Waals surface area contributed by atoms with Gasteiger partial charge in [-0.2, -0.15) is 0 Å². The summed E-state index contributed by atoms with van der Waals surface area (Å²) in [6.45, 7) is 1.97. The Kier molecular flexibility index (Phi) is 3.32. The Morgan fingerprint density at radius 1 is 1.54 bits per heavy atom. The molecule has 1 aromatic rings. The van der Waals surface area contributed by atoms with Gasteiger partial charge in [0.05, 0.1) is 5.88 Å². The van der Waals surface area contributed by atoms with Gasteiger partial charge in [0.25, 0.3) is 0 Å². The molecule has 0 unspecified atom stereocenters. The van der Waals surface area contributed by atoms with Crippen molar-refractivity contribution in [3.63, 3.8) is 0 Å². The van der Waals surface area contributed by atoms with Crippen molar-refractivity contribution >= 4 is 23.1 Å². The molecule has 0 heterocycles. The number of alkyl halides is 1. The Balaban J connectivity index is 2.87. The second-order valence-electron chi connectivity index (χ2n) is 3.05. The van der Waals surface area contributed by atoms with E-state index in [0.717, 1.165) is 11.1 Å². The number of rotatable bonds is 3. The number of halogens is 1. The predicted molar refractivity (Wildman–Crippen MR) is 55.0 cm³/mol. The summed E-state index contributed by atoms with van der Waals surface area (Å²) in [4.78, 5) is 11.1. The highest BCUT2D eigenvalue weighted by Crippen LogP contribution is 2.14. The molecule has 0 aliphatic heterocycles. The number of hydrogen-bond acceptors (Lipinski definition) is 2. The third kappa shape index (κ3) is 2.74. The summed E-state index contributed by atoms with van der Waals surface area (Å²) in [5.41, 5.74) is 8.32. The van der Waals surface area contributed by atoms with Crippen molar-refractivity contribution in [2.75, 3.05) is 11.6 Å². The summed E-state index contributed by atoms with van der Waals surface area (Å²) < 4.78 is 0. The van der Waals surface area contributed by atoms with Gasteiger partial charge in [-0.05, 0) is 18.6 Å². The van der Waals surface area contributed by atoms with E-state index in [4.69, 9.17) is 17.3 Å². The molecule has 0 saturated heterocycles. The van der Waals surface area contributed by atoms with Crippen LogP contribution in [0.2, 0.25) is 0 Å².